The van der Waals surface area contributed by atoms with Crippen molar-refractivity contribution in [3.05, 3.63) is 24.2 Å². The predicted molar refractivity (Wildman–Crippen MR) is 81.2 cm³/mol. The molecule has 2 atom stereocenters. The third-order valence-electron chi connectivity index (χ3n) is 4.66. The van der Waals surface area contributed by atoms with Gasteiger partial charge in [0.05, 0.1) is 0 Å². The highest BCUT2D eigenvalue weighted by Gasteiger charge is 2.29. The van der Waals surface area contributed by atoms with Gasteiger partial charge in [-0.1, -0.05) is 0 Å². The van der Waals surface area contributed by atoms with Crippen LogP contribution in [0.15, 0.2) is 18.3 Å². The molecule has 0 radical (unpaired) electrons. The largest absolute Gasteiger partial charge is 0.370 e. The third-order valence-corrected chi connectivity index (χ3v) is 4.66. The minimum absolute atomic E-state index is 0.145. The van der Waals surface area contributed by atoms with E-state index in [1.165, 1.54) is 19.4 Å². The summed E-state index contributed by atoms with van der Waals surface area (Å²) in [6, 6.07) is 4.48. The average Bonchev–Trinajstić information content (AvgIpc) is 3.14. The van der Waals surface area contributed by atoms with Crippen LogP contribution in [-0.2, 0) is 4.74 Å². The van der Waals surface area contributed by atoms with Crippen molar-refractivity contribution in [3.8, 4) is 0 Å². The van der Waals surface area contributed by atoms with Gasteiger partial charge in [0.1, 0.15) is 17.4 Å². The lowest BCUT2D eigenvalue weighted by Crippen LogP contribution is -2.34. The van der Waals surface area contributed by atoms with Crippen LogP contribution in [-0.4, -0.2) is 46.2 Å². The number of nitrogens with zero attached hydrogens (tertiary/aromatic N) is 4. The van der Waals surface area contributed by atoms with Crippen molar-refractivity contribution in [1.29, 1.82) is 0 Å². The van der Waals surface area contributed by atoms with E-state index in [-0.39, 0.29) is 6.10 Å². The van der Waals surface area contributed by atoms with Crippen LogP contribution in [0.25, 0.3) is 11.2 Å². The van der Waals surface area contributed by atoms with Gasteiger partial charge in [0, 0.05) is 25.4 Å². The molecule has 21 heavy (non-hydrogen) atoms. The van der Waals surface area contributed by atoms with Crippen LogP contribution in [0, 0.1) is 0 Å². The van der Waals surface area contributed by atoms with Crippen molar-refractivity contribution in [2.75, 3.05) is 26.7 Å². The van der Waals surface area contributed by atoms with Gasteiger partial charge in [0.2, 0.25) is 0 Å². The molecule has 2 unspecified atom stereocenters. The number of pyridine rings is 1. The van der Waals surface area contributed by atoms with E-state index in [9.17, 15) is 0 Å². The summed E-state index contributed by atoms with van der Waals surface area (Å²) in [5, 5.41) is 0. The van der Waals surface area contributed by atoms with Crippen LogP contribution in [0.4, 0.5) is 0 Å². The van der Waals surface area contributed by atoms with E-state index >= 15 is 0 Å². The summed E-state index contributed by atoms with van der Waals surface area (Å²) >= 11 is 0. The molecule has 0 spiro atoms. The first kappa shape index (κ1) is 13.2. The summed E-state index contributed by atoms with van der Waals surface area (Å²) in [5.41, 5.74) is 2.01. The lowest BCUT2D eigenvalue weighted by Gasteiger charge is -2.32. The molecule has 0 bridgehead atoms. The maximum absolute atomic E-state index is 5.90. The molecular formula is C16H22N4O. The Hall–Kier alpha value is -1.46. The quantitative estimate of drug-likeness (QED) is 0.851. The van der Waals surface area contributed by atoms with Gasteiger partial charge in [-0.3, -0.25) is 0 Å². The number of ether oxygens (including phenoxy) is 1. The van der Waals surface area contributed by atoms with Gasteiger partial charge >= 0.3 is 0 Å². The number of hydrogen-bond acceptors (Lipinski definition) is 4. The molecule has 4 heterocycles. The number of likely N-dealkylation sites (tertiary alicyclic amines) is 1. The first-order valence-electron chi connectivity index (χ1n) is 7.96. The standard InChI is InChI=1S/C16H22N4O/c1-19-9-3-5-12(11-19)20-15-13(6-2-8-17-15)18-16(20)14-7-4-10-21-14/h2,6,8,12,14H,3-5,7,9-11H2,1H3. The Labute approximate surface area is 124 Å². The second-order valence-electron chi connectivity index (χ2n) is 6.25. The van der Waals surface area contributed by atoms with E-state index in [4.69, 9.17) is 9.72 Å². The fourth-order valence-corrected chi connectivity index (χ4v) is 3.67. The monoisotopic (exact) mass is 286 g/mol. The summed E-state index contributed by atoms with van der Waals surface area (Å²) in [6.45, 7) is 3.11. The summed E-state index contributed by atoms with van der Waals surface area (Å²) in [6.07, 6.45) is 6.65. The number of hydrogen-bond donors (Lipinski definition) is 0. The summed E-state index contributed by atoms with van der Waals surface area (Å²) < 4.78 is 8.26. The maximum atomic E-state index is 5.90. The van der Waals surface area contributed by atoms with Gasteiger partial charge < -0.3 is 14.2 Å². The molecule has 4 rings (SSSR count). The molecule has 2 saturated heterocycles. The lowest BCUT2D eigenvalue weighted by molar-refractivity contribution is 0.0975. The van der Waals surface area contributed by atoms with Gasteiger partial charge in [0.15, 0.2) is 5.65 Å². The second-order valence-corrected chi connectivity index (χ2v) is 6.25. The van der Waals surface area contributed by atoms with Gasteiger partial charge in [0.25, 0.3) is 0 Å². The molecule has 0 saturated carbocycles. The van der Waals surface area contributed by atoms with E-state index in [2.05, 4.69) is 27.6 Å². The third kappa shape index (κ3) is 2.34. The SMILES string of the molecule is CN1CCCC(n2c(C3CCCO3)nc3cccnc32)C1. The Kier molecular flexibility index (Phi) is 3.39. The van der Waals surface area contributed by atoms with Crippen LogP contribution in [0.3, 0.4) is 0 Å². The highest BCUT2D eigenvalue weighted by Crippen LogP contribution is 2.34. The molecule has 2 aliphatic heterocycles. The average molecular weight is 286 g/mol. The van der Waals surface area contributed by atoms with Crippen LogP contribution >= 0.6 is 0 Å². The number of piperidine rings is 1. The van der Waals surface area contributed by atoms with E-state index in [0.29, 0.717) is 6.04 Å². The Bertz CT molecular complexity index is 632. The molecule has 5 heteroatoms. The molecular weight excluding hydrogens is 264 g/mol. The zero-order chi connectivity index (χ0) is 14.2. The van der Waals surface area contributed by atoms with E-state index in [1.54, 1.807) is 0 Å². The molecule has 2 aliphatic rings. The zero-order valence-corrected chi connectivity index (χ0v) is 12.5. The Morgan fingerprint density at radius 1 is 1.29 bits per heavy atom. The van der Waals surface area contributed by atoms with E-state index in [1.807, 2.05) is 12.3 Å². The molecule has 5 nitrogen and oxygen atoms in total. The molecule has 0 N–H and O–H groups in total. The Morgan fingerprint density at radius 3 is 3.05 bits per heavy atom. The maximum Gasteiger partial charge on any atom is 0.160 e. The van der Waals surface area contributed by atoms with E-state index in [0.717, 1.165) is 43.0 Å². The zero-order valence-electron chi connectivity index (χ0n) is 12.5. The normalized spacial score (nSPS) is 27.5. The van der Waals surface area contributed by atoms with Crippen LogP contribution in [0.1, 0.15) is 43.7 Å². The minimum atomic E-state index is 0.145. The fourth-order valence-electron chi connectivity index (χ4n) is 3.67. The Balaban J connectivity index is 1.81. The first-order chi connectivity index (χ1) is 10.3. The van der Waals surface area contributed by atoms with Crippen molar-refractivity contribution in [3.63, 3.8) is 0 Å². The van der Waals surface area contributed by atoms with Gasteiger partial charge in [-0.2, -0.15) is 0 Å². The number of likely N-dealkylation sites (N-methyl/N-ethyl adjacent to an activating group) is 1. The van der Waals surface area contributed by atoms with Gasteiger partial charge in [-0.15, -0.1) is 0 Å². The molecule has 0 aromatic carbocycles. The van der Waals surface area contributed by atoms with Crippen molar-refractivity contribution < 1.29 is 4.74 Å². The molecule has 2 aromatic heterocycles. The highest BCUT2D eigenvalue weighted by molar-refractivity contribution is 5.71. The summed E-state index contributed by atoms with van der Waals surface area (Å²) in [7, 11) is 2.20. The lowest BCUT2D eigenvalue weighted by atomic mass is 10.1. The van der Waals surface area contributed by atoms with Crippen molar-refractivity contribution >= 4 is 11.2 Å². The number of imidazole rings is 1. The van der Waals surface area contributed by atoms with Crippen molar-refractivity contribution in [1.82, 2.24) is 19.4 Å². The number of fused-ring (bicyclic) bond motifs is 1. The molecule has 112 valence electrons. The smallest absolute Gasteiger partial charge is 0.160 e. The van der Waals surface area contributed by atoms with Crippen LogP contribution in [0.2, 0.25) is 0 Å². The predicted octanol–water partition coefficient (Wildman–Crippen LogP) is 2.55. The van der Waals surface area contributed by atoms with Gasteiger partial charge in [-0.05, 0) is 51.4 Å². The summed E-state index contributed by atoms with van der Waals surface area (Å²) in [5.74, 6) is 1.08. The topological polar surface area (TPSA) is 43.2 Å². The minimum Gasteiger partial charge on any atom is -0.370 e. The first-order valence-corrected chi connectivity index (χ1v) is 7.96. The van der Waals surface area contributed by atoms with Crippen molar-refractivity contribution in [2.24, 2.45) is 0 Å². The Morgan fingerprint density at radius 2 is 2.24 bits per heavy atom. The molecule has 0 amide bonds. The highest BCUT2D eigenvalue weighted by atomic mass is 16.5. The van der Waals surface area contributed by atoms with Crippen molar-refractivity contribution in [2.45, 2.75) is 37.8 Å². The number of aromatic nitrogens is 3. The second kappa shape index (κ2) is 5.39. The molecule has 0 aliphatic carbocycles. The van der Waals surface area contributed by atoms with Crippen LogP contribution < -0.4 is 0 Å². The fraction of sp³-hybridized carbons (Fsp3) is 0.625. The van der Waals surface area contributed by atoms with Gasteiger partial charge in [-0.25, -0.2) is 9.97 Å². The molecule has 2 aromatic rings. The summed E-state index contributed by atoms with van der Waals surface area (Å²) in [4.78, 5) is 11.9. The van der Waals surface area contributed by atoms with E-state index < -0.39 is 0 Å². The number of rotatable bonds is 2. The van der Waals surface area contributed by atoms with Crippen LogP contribution in [0.5, 0.6) is 0 Å². The molecule has 2 fully saturated rings.